The Hall–Kier alpha value is -2.87. The van der Waals surface area contributed by atoms with Crippen molar-refractivity contribution in [2.45, 2.75) is 6.92 Å². The number of carbonyl (C=O) groups is 1. The number of nitrogens with one attached hydrogen (secondary N) is 1. The van der Waals surface area contributed by atoms with Gasteiger partial charge in [0, 0.05) is 16.7 Å². The second kappa shape index (κ2) is 6.27. The third-order valence-electron chi connectivity index (χ3n) is 2.75. The Morgan fingerprint density at radius 3 is 2.86 bits per heavy atom. The number of aryl methyl sites for hydroxylation is 1. The Morgan fingerprint density at radius 1 is 1.55 bits per heavy atom. The molecule has 2 rings (SSSR count). The number of hydrogen-bond donors (Lipinski definition) is 2. The number of phenolic OH excluding ortho intramolecular Hbond substituents is 1. The number of phenols is 1. The number of aromatic hydroxyl groups is 1. The van der Waals surface area contributed by atoms with E-state index < -0.39 is 22.3 Å². The lowest BCUT2D eigenvalue weighted by Gasteiger charge is -2.02. The first kappa shape index (κ1) is 15.5. The fourth-order valence-electron chi connectivity index (χ4n) is 1.68. The first-order valence-corrected chi connectivity index (χ1v) is 6.32. The molecule has 0 saturated heterocycles. The van der Waals surface area contributed by atoms with E-state index in [0.29, 0.717) is 11.3 Å². The predicted molar refractivity (Wildman–Crippen MR) is 78.3 cm³/mol. The Morgan fingerprint density at radius 2 is 2.27 bits per heavy atom. The molecule has 1 aromatic heterocycles. The fraction of sp³-hybridized carbons (Fsp3) is 0.0769. The molecule has 114 valence electrons. The summed E-state index contributed by atoms with van der Waals surface area (Å²) in [6, 6.07) is 3.77. The highest BCUT2D eigenvalue weighted by atomic mass is 35.5. The van der Waals surface area contributed by atoms with Gasteiger partial charge in [0.2, 0.25) is 5.75 Å². The quantitative estimate of drug-likeness (QED) is 0.509. The number of rotatable bonds is 4. The Bertz CT molecular complexity index is 769. The van der Waals surface area contributed by atoms with Gasteiger partial charge in [-0.05, 0) is 19.1 Å². The van der Waals surface area contributed by atoms with E-state index in [1.165, 1.54) is 18.4 Å². The third-order valence-corrected chi connectivity index (χ3v) is 2.97. The summed E-state index contributed by atoms with van der Waals surface area (Å²) < 4.78 is 4.98. The summed E-state index contributed by atoms with van der Waals surface area (Å²) in [4.78, 5) is 21.8. The van der Waals surface area contributed by atoms with Crippen molar-refractivity contribution in [3.05, 3.63) is 56.5 Å². The maximum absolute atomic E-state index is 11.8. The zero-order valence-electron chi connectivity index (χ0n) is 11.2. The minimum Gasteiger partial charge on any atom is -0.502 e. The Kier molecular flexibility index (Phi) is 4.42. The van der Waals surface area contributed by atoms with Gasteiger partial charge in [-0.15, -0.1) is 0 Å². The molecule has 2 aromatic rings. The van der Waals surface area contributed by atoms with E-state index >= 15 is 0 Å². The summed E-state index contributed by atoms with van der Waals surface area (Å²) in [5.74, 6) is -0.681. The van der Waals surface area contributed by atoms with E-state index in [1.807, 2.05) is 0 Å². The summed E-state index contributed by atoms with van der Waals surface area (Å²) in [6.45, 7) is 1.62. The van der Waals surface area contributed by atoms with E-state index in [9.17, 15) is 20.0 Å². The number of hydrogen-bond acceptors (Lipinski definition) is 6. The topological polar surface area (TPSA) is 118 Å². The molecule has 0 fully saturated rings. The molecular weight excluding hydrogens is 314 g/mol. The van der Waals surface area contributed by atoms with Crippen LogP contribution in [0.3, 0.4) is 0 Å². The van der Waals surface area contributed by atoms with Crippen LogP contribution in [0.5, 0.6) is 5.75 Å². The van der Waals surface area contributed by atoms with Crippen molar-refractivity contribution < 1.29 is 19.2 Å². The van der Waals surface area contributed by atoms with Crippen LogP contribution in [-0.4, -0.2) is 22.2 Å². The summed E-state index contributed by atoms with van der Waals surface area (Å²) in [6.07, 6.45) is 2.42. The van der Waals surface area contributed by atoms with Crippen LogP contribution in [0.25, 0.3) is 0 Å². The summed E-state index contributed by atoms with van der Waals surface area (Å²) >= 11 is 5.73. The number of benzene rings is 1. The molecule has 0 bridgehead atoms. The van der Waals surface area contributed by atoms with E-state index in [-0.39, 0.29) is 10.6 Å². The summed E-state index contributed by atoms with van der Waals surface area (Å²) in [5.41, 5.74) is 1.97. The number of nitrogens with zero attached hydrogens (tertiary/aromatic N) is 2. The normalized spacial score (nSPS) is 10.8. The number of hydrazone groups is 1. The number of furan rings is 1. The smallest absolute Gasteiger partial charge is 0.312 e. The van der Waals surface area contributed by atoms with Crippen LogP contribution < -0.4 is 5.43 Å². The molecule has 1 aromatic carbocycles. The molecule has 8 nitrogen and oxygen atoms in total. The highest BCUT2D eigenvalue weighted by Gasteiger charge is 2.18. The number of halogens is 1. The second-order valence-corrected chi connectivity index (χ2v) is 4.65. The van der Waals surface area contributed by atoms with Crippen molar-refractivity contribution in [2.24, 2.45) is 5.10 Å². The molecule has 9 heteroatoms. The van der Waals surface area contributed by atoms with Crippen molar-refractivity contribution in [2.75, 3.05) is 0 Å². The van der Waals surface area contributed by atoms with Crippen LogP contribution in [-0.2, 0) is 0 Å². The predicted octanol–water partition coefficient (Wildman–Crippen LogP) is 2.62. The van der Waals surface area contributed by atoms with Crippen LogP contribution in [0, 0.1) is 17.0 Å². The average molecular weight is 324 g/mol. The van der Waals surface area contributed by atoms with E-state index in [2.05, 4.69) is 10.5 Å². The van der Waals surface area contributed by atoms with Crippen LogP contribution in [0.2, 0.25) is 5.02 Å². The average Bonchev–Trinajstić information content (AvgIpc) is 2.88. The summed E-state index contributed by atoms with van der Waals surface area (Å²) in [5, 5.41) is 24.2. The van der Waals surface area contributed by atoms with Crippen molar-refractivity contribution in [1.82, 2.24) is 5.43 Å². The van der Waals surface area contributed by atoms with E-state index in [1.54, 1.807) is 6.92 Å². The second-order valence-electron chi connectivity index (χ2n) is 4.21. The molecule has 1 heterocycles. The molecule has 0 aliphatic heterocycles. The van der Waals surface area contributed by atoms with Crippen molar-refractivity contribution >= 4 is 29.4 Å². The number of nitro benzene ring substituents is 1. The Labute approximate surface area is 129 Å². The number of amides is 1. The monoisotopic (exact) mass is 323 g/mol. The highest BCUT2D eigenvalue weighted by molar-refractivity contribution is 6.31. The van der Waals surface area contributed by atoms with Gasteiger partial charge in [-0.1, -0.05) is 11.6 Å². The molecule has 0 saturated carbocycles. The lowest BCUT2D eigenvalue weighted by molar-refractivity contribution is -0.385. The van der Waals surface area contributed by atoms with Crippen molar-refractivity contribution in [1.29, 1.82) is 0 Å². The molecule has 0 aliphatic rings. The molecule has 22 heavy (non-hydrogen) atoms. The zero-order chi connectivity index (χ0) is 16.3. The van der Waals surface area contributed by atoms with Gasteiger partial charge in [0.05, 0.1) is 23.0 Å². The summed E-state index contributed by atoms with van der Waals surface area (Å²) in [7, 11) is 0. The van der Waals surface area contributed by atoms with Gasteiger partial charge in [-0.3, -0.25) is 14.9 Å². The molecule has 0 spiro atoms. The maximum Gasteiger partial charge on any atom is 0.312 e. The first-order chi connectivity index (χ1) is 10.4. The molecule has 0 aliphatic carbocycles. The molecule has 1 amide bonds. The van der Waals surface area contributed by atoms with Gasteiger partial charge >= 0.3 is 5.69 Å². The minimum absolute atomic E-state index is 0.00316. The number of carbonyl (C=O) groups excluding carboxylic acids is 1. The molecule has 2 N–H and O–H groups in total. The van der Waals surface area contributed by atoms with Gasteiger partial charge in [-0.2, -0.15) is 5.10 Å². The van der Waals surface area contributed by atoms with Gasteiger partial charge in [0.25, 0.3) is 5.91 Å². The van der Waals surface area contributed by atoms with Crippen LogP contribution in [0.1, 0.15) is 21.7 Å². The largest absolute Gasteiger partial charge is 0.502 e. The molecule has 0 atom stereocenters. The van der Waals surface area contributed by atoms with Crippen LogP contribution in [0.4, 0.5) is 5.69 Å². The Balaban J connectivity index is 2.19. The molecular formula is C13H10ClN3O5. The van der Waals surface area contributed by atoms with Crippen molar-refractivity contribution in [3.8, 4) is 5.75 Å². The lowest BCUT2D eigenvalue weighted by Crippen LogP contribution is -2.17. The lowest BCUT2D eigenvalue weighted by atomic mass is 10.2. The minimum atomic E-state index is -0.772. The van der Waals surface area contributed by atoms with E-state index in [0.717, 1.165) is 12.3 Å². The van der Waals surface area contributed by atoms with Gasteiger partial charge in [0.1, 0.15) is 5.76 Å². The fourth-order valence-corrected chi connectivity index (χ4v) is 1.91. The van der Waals surface area contributed by atoms with Gasteiger partial charge in [0.15, 0.2) is 0 Å². The number of nitro groups is 1. The van der Waals surface area contributed by atoms with E-state index in [4.69, 9.17) is 16.0 Å². The molecule has 0 unspecified atom stereocenters. The van der Waals surface area contributed by atoms with Crippen LogP contribution in [0.15, 0.2) is 34.0 Å². The van der Waals surface area contributed by atoms with Gasteiger partial charge < -0.3 is 9.52 Å². The highest BCUT2D eigenvalue weighted by Crippen LogP contribution is 2.32. The standard InChI is InChI=1S/C13H10ClN3O5/c1-7-10(2-3-22-7)13(19)16-15-6-8-4-9(14)5-11(12(8)18)17(20)21/h2-6,18H,1H3,(H,16,19)/b15-6-. The SMILES string of the molecule is Cc1occc1C(=O)N/N=C\c1cc(Cl)cc([N+](=O)[O-])c1O. The van der Waals surface area contributed by atoms with Crippen LogP contribution >= 0.6 is 11.6 Å². The maximum atomic E-state index is 11.8. The van der Waals surface area contributed by atoms with Crippen molar-refractivity contribution in [3.63, 3.8) is 0 Å². The first-order valence-electron chi connectivity index (χ1n) is 5.94. The molecule has 0 radical (unpaired) electrons. The third kappa shape index (κ3) is 3.23. The zero-order valence-corrected chi connectivity index (χ0v) is 12.0. The van der Waals surface area contributed by atoms with Gasteiger partial charge in [-0.25, -0.2) is 5.43 Å².